The Hall–Kier alpha value is -2.08. The maximum absolute atomic E-state index is 5.69. The largest absolute Gasteiger partial charge is 0.482 e. The Labute approximate surface area is 117 Å². The smallest absolute Gasteiger partial charge is 0.233 e. The van der Waals surface area contributed by atoms with E-state index in [-0.39, 0.29) is 6.61 Å². The van der Waals surface area contributed by atoms with Crippen LogP contribution in [0, 0.1) is 0 Å². The van der Waals surface area contributed by atoms with Crippen LogP contribution in [0.5, 0.6) is 5.75 Å². The van der Waals surface area contributed by atoms with Crippen molar-refractivity contribution in [3.8, 4) is 5.75 Å². The van der Waals surface area contributed by atoms with Crippen molar-refractivity contribution < 1.29 is 9.15 Å². The molecular weight excluding hydrogens is 310 g/mol. The van der Waals surface area contributed by atoms with Gasteiger partial charge in [0.1, 0.15) is 11.3 Å². The van der Waals surface area contributed by atoms with Gasteiger partial charge in [-0.05, 0) is 40.2 Å². The van der Waals surface area contributed by atoms with Gasteiger partial charge in [0.25, 0.3) is 0 Å². The highest BCUT2D eigenvalue weighted by Gasteiger charge is 2.07. The van der Waals surface area contributed by atoms with Gasteiger partial charge in [-0.25, -0.2) is 4.98 Å². The molecule has 5 nitrogen and oxygen atoms in total. The summed E-state index contributed by atoms with van der Waals surface area (Å²) >= 11 is 3.33. The predicted octanol–water partition coefficient (Wildman–Crippen LogP) is 3.15. The Bertz CT molecular complexity index is 727. The van der Waals surface area contributed by atoms with E-state index in [2.05, 4.69) is 25.9 Å². The Balaban J connectivity index is 1.78. The topological polar surface area (TPSA) is 74.2 Å². The zero-order valence-corrected chi connectivity index (χ0v) is 11.4. The molecule has 3 rings (SSSR count). The molecular formula is C13H10BrN3O2. The number of anilines is 1. The van der Waals surface area contributed by atoms with Gasteiger partial charge >= 0.3 is 0 Å². The Kier molecular flexibility index (Phi) is 3.08. The standard InChI is InChI=1S/C13H10BrN3O2/c14-8-3-10(6-16-5-8)18-7-13-17-11-4-9(15)1-2-12(11)19-13/h1-6H,7,15H2. The first kappa shape index (κ1) is 12.0. The molecule has 2 heterocycles. The van der Waals surface area contributed by atoms with E-state index in [1.807, 2.05) is 6.07 Å². The van der Waals surface area contributed by atoms with Crippen LogP contribution in [0.1, 0.15) is 5.89 Å². The molecule has 19 heavy (non-hydrogen) atoms. The van der Waals surface area contributed by atoms with Crippen molar-refractivity contribution in [2.24, 2.45) is 0 Å². The second kappa shape index (κ2) is 4.89. The molecule has 0 aliphatic rings. The lowest BCUT2D eigenvalue weighted by Crippen LogP contribution is -1.95. The molecule has 0 bridgehead atoms. The molecule has 0 fully saturated rings. The molecule has 2 N–H and O–H groups in total. The normalized spacial score (nSPS) is 10.8. The van der Waals surface area contributed by atoms with Gasteiger partial charge in [0.15, 0.2) is 12.2 Å². The number of pyridine rings is 1. The predicted molar refractivity (Wildman–Crippen MR) is 74.7 cm³/mol. The molecule has 1 aromatic carbocycles. The number of hydrogen-bond donors (Lipinski definition) is 1. The summed E-state index contributed by atoms with van der Waals surface area (Å²) in [6.45, 7) is 0.243. The first-order chi connectivity index (χ1) is 9.20. The van der Waals surface area contributed by atoms with Gasteiger partial charge in [0, 0.05) is 16.4 Å². The summed E-state index contributed by atoms with van der Waals surface area (Å²) in [5, 5.41) is 0. The van der Waals surface area contributed by atoms with Crippen LogP contribution < -0.4 is 10.5 Å². The number of ether oxygens (including phenoxy) is 1. The average molecular weight is 320 g/mol. The maximum Gasteiger partial charge on any atom is 0.233 e. The van der Waals surface area contributed by atoms with Gasteiger partial charge in [-0.2, -0.15) is 0 Å². The third kappa shape index (κ3) is 2.68. The van der Waals surface area contributed by atoms with E-state index in [1.165, 1.54) is 0 Å². The molecule has 0 aliphatic heterocycles. The summed E-state index contributed by atoms with van der Waals surface area (Å²) in [5.74, 6) is 1.15. The fraction of sp³-hybridized carbons (Fsp3) is 0.0769. The van der Waals surface area contributed by atoms with Gasteiger partial charge in [0.2, 0.25) is 5.89 Å². The van der Waals surface area contributed by atoms with Gasteiger partial charge in [-0.1, -0.05) is 0 Å². The monoisotopic (exact) mass is 319 g/mol. The van der Waals surface area contributed by atoms with Crippen LogP contribution in [0.4, 0.5) is 5.69 Å². The molecule has 0 aliphatic carbocycles. The number of benzene rings is 1. The van der Waals surface area contributed by atoms with E-state index in [0.717, 1.165) is 9.99 Å². The molecule has 3 aromatic rings. The van der Waals surface area contributed by atoms with E-state index < -0.39 is 0 Å². The summed E-state index contributed by atoms with van der Waals surface area (Å²) in [6.07, 6.45) is 3.32. The van der Waals surface area contributed by atoms with Crippen molar-refractivity contribution in [2.45, 2.75) is 6.61 Å². The lowest BCUT2D eigenvalue weighted by Gasteiger charge is -2.02. The van der Waals surface area contributed by atoms with Crippen LogP contribution in [0.2, 0.25) is 0 Å². The van der Waals surface area contributed by atoms with Crippen LogP contribution in [0.3, 0.4) is 0 Å². The second-order valence-corrected chi connectivity index (χ2v) is 4.88. The van der Waals surface area contributed by atoms with Crippen molar-refractivity contribution in [3.63, 3.8) is 0 Å². The SMILES string of the molecule is Nc1ccc2oc(COc3cncc(Br)c3)nc2c1. The fourth-order valence-electron chi connectivity index (χ4n) is 1.67. The Morgan fingerprint density at radius 3 is 3.00 bits per heavy atom. The minimum absolute atomic E-state index is 0.243. The van der Waals surface area contributed by atoms with Crippen LogP contribution in [0.15, 0.2) is 45.5 Å². The van der Waals surface area contributed by atoms with Crippen LogP contribution in [0.25, 0.3) is 11.1 Å². The molecule has 0 amide bonds. The molecule has 0 saturated carbocycles. The van der Waals surface area contributed by atoms with Crippen LogP contribution in [-0.4, -0.2) is 9.97 Å². The molecule has 0 atom stereocenters. The highest BCUT2D eigenvalue weighted by molar-refractivity contribution is 9.10. The number of aromatic nitrogens is 2. The second-order valence-electron chi connectivity index (χ2n) is 3.96. The summed E-state index contributed by atoms with van der Waals surface area (Å²) in [7, 11) is 0. The molecule has 0 saturated heterocycles. The van der Waals surface area contributed by atoms with E-state index >= 15 is 0 Å². The number of nitrogens with two attached hydrogens (primary N) is 1. The summed E-state index contributed by atoms with van der Waals surface area (Å²) < 4.78 is 12.0. The Morgan fingerprint density at radius 1 is 1.26 bits per heavy atom. The quantitative estimate of drug-likeness (QED) is 0.751. The molecule has 2 aromatic heterocycles. The molecule has 0 unspecified atom stereocenters. The average Bonchev–Trinajstić information content (AvgIpc) is 2.78. The minimum atomic E-state index is 0.243. The number of nitrogen functional groups attached to an aromatic ring is 1. The van der Waals surface area contributed by atoms with Crippen LogP contribution >= 0.6 is 15.9 Å². The van der Waals surface area contributed by atoms with Crippen molar-refractivity contribution in [1.29, 1.82) is 0 Å². The first-order valence-corrected chi connectivity index (χ1v) is 6.38. The molecule has 96 valence electrons. The van der Waals surface area contributed by atoms with Crippen LogP contribution in [-0.2, 0) is 6.61 Å². The molecule has 0 radical (unpaired) electrons. The highest BCUT2D eigenvalue weighted by Crippen LogP contribution is 2.20. The van der Waals surface area contributed by atoms with Crippen molar-refractivity contribution in [2.75, 3.05) is 5.73 Å². The third-order valence-corrected chi connectivity index (χ3v) is 2.93. The maximum atomic E-state index is 5.69. The van der Waals surface area contributed by atoms with Crippen molar-refractivity contribution >= 4 is 32.7 Å². The zero-order chi connectivity index (χ0) is 13.2. The minimum Gasteiger partial charge on any atom is -0.482 e. The van der Waals surface area contributed by atoms with Gasteiger partial charge in [-0.3, -0.25) is 4.98 Å². The number of oxazole rings is 1. The van der Waals surface area contributed by atoms with E-state index in [9.17, 15) is 0 Å². The van der Waals surface area contributed by atoms with Gasteiger partial charge in [0.05, 0.1) is 6.20 Å². The number of rotatable bonds is 3. The number of hydrogen-bond acceptors (Lipinski definition) is 5. The van der Waals surface area contributed by atoms with Gasteiger partial charge < -0.3 is 14.9 Å². The summed E-state index contributed by atoms with van der Waals surface area (Å²) in [6, 6.07) is 7.16. The van der Waals surface area contributed by atoms with Crippen molar-refractivity contribution in [1.82, 2.24) is 9.97 Å². The molecule has 6 heteroatoms. The van der Waals surface area contributed by atoms with E-state index in [1.54, 1.807) is 30.6 Å². The first-order valence-electron chi connectivity index (χ1n) is 5.59. The Morgan fingerprint density at radius 2 is 2.16 bits per heavy atom. The third-order valence-electron chi connectivity index (χ3n) is 2.50. The fourth-order valence-corrected chi connectivity index (χ4v) is 2.01. The summed E-state index contributed by atoms with van der Waals surface area (Å²) in [5.41, 5.74) is 7.77. The van der Waals surface area contributed by atoms with Gasteiger partial charge in [-0.15, -0.1) is 0 Å². The zero-order valence-electron chi connectivity index (χ0n) is 9.84. The number of nitrogens with zero attached hydrogens (tertiary/aromatic N) is 2. The summed E-state index contributed by atoms with van der Waals surface area (Å²) in [4.78, 5) is 8.32. The van der Waals surface area contributed by atoms with Crippen molar-refractivity contribution in [3.05, 3.63) is 47.0 Å². The number of halogens is 1. The molecule has 0 spiro atoms. The van der Waals surface area contributed by atoms with E-state index in [4.69, 9.17) is 14.9 Å². The highest BCUT2D eigenvalue weighted by atomic mass is 79.9. The number of fused-ring (bicyclic) bond motifs is 1. The lowest BCUT2D eigenvalue weighted by atomic mass is 10.3. The lowest BCUT2D eigenvalue weighted by molar-refractivity contribution is 0.266. The van der Waals surface area contributed by atoms with E-state index in [0.29, 0.717) is 22.9 Å².